The van der Waals surface area contributed by atoms with Gasteiger partial charge in [-0.05, 0) is 36.0 Å². The summed E-state index contributed by atoms with van der Waals surface area (Å²) in [4.78, 5) is 0. The summed E-state index contributed by atoms with van der Waals surface area (Å²) in [5, 5.41) is 0. The zero-order valence-corrected chi connectivity index (χ0v) is 19.2. The second-order valence-electron chi connectivity index (χ2n) is 7.20. The van der Waals surface area contributed by atoms with Gasteiger partial charge >= 0.3 is 26.2 Å². The third-order valence-corrected chi connectivity index (χ3v) is 5.40. The van der Waals surface area contributed by atoms with Crippen LogP contribution in [0.3, 0.4) is 0 Å². The van der Waals surface area contributed by atoms with E-state index in [1.165, 1.54) is 47.3 Å². The van der Waals surface area contributed by atoms with Crippen molar-refractivity contribution in [3.63, 3.8) is 0 Å². The molecule has 10 radical (unpaired) electrons. The molecule has 2 fully saturated rings. The molecule has 0 aromatic carbocycles. The van der Waals surface area contributed by atoms with Gasteiger partial charge in [0.05, 0.1) is 0 Å². The normalized spacial score (nSPS) is 25.7. The van der Waals surface area contributed by atoms with Crippen LogP contribution in [0.15, 0.2) is 48.6 Å². The van der Waals surface area contributed by atoms with Crippen LogP contribution in [-0.2, 0) is 26.2 Å². The summed E-state index contributed by atoms with van der Waals surface area (Å²) in [5.74, 6) is 11.1. The molecule has 4 rings (SSSR count). The van der Waals surface area contributed by atoms with Crippen molar-refractivity contribution in [2.75, 3.05) is 0 Å². The second-order valence-corrected chi connectivity index (χ2v) is 7.20. The number of fused-ring (bicyclic) bond motifs is 3. The molecule has 0 atom stereocenters. The number of rotatable bonds is 2. The molecule has 0 amide bonds. The van der Waals surface area contributed by atoms with Gasteiger partial charge in [0.25, 0.3) is 0 Å². The van der Waals surface area contributed by atoms with Gasteiger partial charge in [0.1, 0.15) is 0 Å². The summed E-state index contributed by atoms with van der Waals surface area (Å²) in [6.45, 7) is 9.12. The third kappa shape index (κ3) is 3.72. The van der Waals surface area contributed by atoms with E-state index in [9.17, 15) is 0 Å². The number of hydrogen-bond acceptors (Lipinski definition) is 0. The zero-order chi connectivity index (χ0) is 16.2. The van der Waals surface area contributed by atoms with Crippen molar-refractivity contribution < 1.29 is 26.2 Å². The smallest absolute Gasteiger partial charge is 0.358 e. The largest absolute Gasteiger partial charge is 4.00 e. The first-order valence-electron chi connectivity index (χ1n) is 8.31. The monoisotopic (exact) mass is 418 g/mol. The molecule has 1 heteroatoms. The molecule has 26 heavy (non-hydrogen) atoms. The van der Waals surface area contributed by atoms with Gasteiger partial charge in [-0.15, -0.1) is 0 Å². The third-order valence-electron chi connectivity index (χ3n) is 5.40. The Morgan fingerprint density at radius 1 is 0.615 bits per heavy atom. The molecule has 0 unspecified atom stereocenters. The predicted octanol–water partition coefficient (Wildman–Crippen LogP) is 6.23. The van der Waals surface area contributed by atoms with Crippen molar-refractivity contribution in [3.8, 4) is 0 Å². The number of allylic oxidation sites excluding steroid dienone is 8. The molecule has 0 aliphatic heterocycles. The molecule has 0 spiro atoms. The second kappa shape index (κ2) is 8.90. The van der Waals surface area contributed by atoms with Gasteiger partial charge < -0.3 is 14.9 Å². The average molecular weight is 420 g/mol. The minimum atomic E-state index is -0.0122. The van der Waals surface area contributed by atoms with E-state index in [1.807, 2.05) is 0 Å². The van der Waals surface area contributed by atoms with Crippen LogP contribution in [0.5, 0.6) is 0 Å². The fourth-order valence-corrected chi connectivity index (χ4v) is 3.93. The van der Waals surface area contributed by atoms with E-state index in [2.05, 4.69) is 89.1 Å². The maximum Gasteiger partial charge on any atom is 4.00 e. The molecular weight excluding hydrogens is 391 g/mol. The Bertz CT molecular complexity index is 535. The first-order chi connectivity index (χ1) is 11.0. The molecule has 0 N–H and O–H groups in total. The summed E-state index contributed by atoms with van der Waals surface area (Å²) < 4.78 is 0. The number of hydrogen-bond donors (Lipinski definition) is 0. The van der Waals surface area contributed by atoms with Crippen molar-refractivity contribution in [1.29, 1.82) is 0 Å². The Morgan fingerprint density at radius 2 is 0.962 bits per heavy atom. The van der Waals surface area contributed by atoms with Crippen molar-refractivity contribution in [2.24, 2.45) is 5.41 Å². The molecular formula is C25H28Zr+2. The molecule has 0 aromatic heterocycles. The van der Waals surface area contributed by atoms with Crippen LogP contribution in [0.1, 0.15) is 27.7 Å². The minimum Gasteiger partial charge on any atom is -0.358 e. The summed E-state index contributed by atoms with van der Waals surface area (Å²) >= 11 is 0. The van der Waals surface area contributed by atoms with Crippen LogP contribution in [-0.4, -0.2) is 0 Å². The van der Waals surface area contributed by atoms with Crippen LogP contribution >= 0.6 is 0 Å². The molecule has 0 heterocycles. The van der Waals surface area contributed by atoms with Gasteiger partial charge in [0.15, 0.2) is 0 Å². The minimum absolute atomic E-state index is 0. The Hall–Kier alpha value is -0.157. The van der Waals surface area contributed by atoms with Gasteiger partial charge in [0.2, 0.25) is 0 Å². The van der Waals surface area contributed by atoms with E-state index < -0.39 is 0 Å². The zero-order valence-electron chi connectivity index (χ0n) is 16.8. The van der Waals surface area contributed by atoms with E-state index in [0.717, 1.165) is 0 Å². The van der Waals surface area contributed by atoms with Crippen LogP contribution in [0, 0.1) is 80.5 Å². The molecule has 4 aliphatic carbocycles. The Labute approximate surface area is 182 Å². The van der Waals surface area contributed by atoms with E-state index in [1.54, 1.807) is 0 Å². The van der Waals surface area contributed by atoms with Crippen LogP contribution in [0.2, 0.25) is 0 Å². The first kappa shape index (κ1) is 23.9. The molecule has 0 aromatic rings. The maximum atomic E-state index is 2.36. The fourth-order valence-electron chi connectivity index (χ4n) is 3.93. The molecule has 4 aliphatic rings. The van der Waals surface area contributed by atoms with E-state index in [4.69, 9.17) is 0 Å². The van der Waals surface area contributed by atoms with Crippen LogP contribution in [0.25, 0.3) is 0 Å². The molecule has 0 saturated heterocycles. The summed E-state index contributed by atoms with van der Waals surface area (Å²) in [5.41, 5.74) is -0.0122. The fraction of sp³-hybridized carbons (Fsp3) is 0.200. The van der Waals surface area contributed by atoms with Crippen molar-refractivity contribution in [2.45, 2.75) is 27.7 Å². The molecule has 130 valence electrons. The van der Waals surface area contributed by atoms with E-state index in [0.29, 0.717) is 0 Å². The van der Waals surface area contributed by atoms with Gasteiger partial charge in [-0.2, -0.15) is 0 Å². The van der Waals surface area contributed by atoms with E-state index in [-0.39, 0.29) is 46.5 Å². The standard InChI is InChI=1S/C23H22.2CH3.Zr/c1-15-13-17(14-16(15)2)23(3,4)22-20-11-7-5-9-18(20)19-10-6-8-12-21(19)22;;;/h5-14H,1-4H3;2*1H3;/q;2*-1;+4. The summed E-state index contributed by atoms with van der Waals surface area (Å²) in [6, 6.07) is 0. The first-order valence-corrected chi connectivity index (χ1v) is 8.31. The summed E-state index contributed by atoms with van der Waals surface area (Å²) in [6.07, 6.45) is 22.3. The average Bonchev–Trinajstić information content (AvgIpc) is 3.06. The van der Waals surface area contributed by atoms with Crippen molar-refractivity contribution in [1.82, 2.24) is 0 Å². The van der Waals surface area contributed by atoms with Crippen LogP contribution in [0.4, 0.5) is 0 Å². The SMILES string of the molecule is C[C]1[CH][C](C(C)(C)[C]2[C]3C=CC=C[C]3[C]3C=CC=C[C]32)[CH][C]1C.[CH3-].[CH3-].[Zr+4]. The van der Waals surface area contributed by atoms with Crippen molar-refractivity contribution >= 4 is 0 Å². The van der Waals surface area contributed by atoms with E-state index >= 15 is 0 Å². The molecule has 0 bridgehead atoms. The van der Waals surface area contributed by atoms with Gasteiger partial charge in [-0.3, -0.25) is 0 Å². The molecule has 2 saturated carbocycles. The van der Waals surface area contributed by atoms with Crippen molar-refractivity contribution in [3.05, 3.63) is 124 Å². The predicted molar refractivity (Wildman–Crippen MR) is 109 cm³/mol. The quantitative estimate of drug-likeness (QED) is 0.465. The molecule has 0 nitrogen and oxygen atoms in total. The van der Waals surface area contributed by atoms with Gasteiger partial charge in [0, 0.05) is 29.6 Å². The van der Waals surface area contributed by atoms with Gasteiger partial charge in [-0.1, -0.05) is 76.3 Å². The Balaban J connectivity index is 0.00000113. The Kier molecular flexibility index (Phi) is 8.17. The Morgan fingerprint density at radius 3 is 1.35 bits per heavy atom. The maximum absolute atomic E-state index is 2.36. The van der Waals surface area contributed by atoms with Gasteiger partial charge in [-0.25, -0.2) is 0 Å². The van der Waals surface area contributed by atoms with Crippen LogP contribution < -0.4 is 0 Å². The topological polar surface area (TPSA) is 0 Å². The summed E-state index contributed by atoms with van der Waals surface area (Å²) in [7, 11) is 0.